The third-order valence-electron chi connectivity index (χ3n) is 2.76. The summed E-state index contributed by atoms with van der Waals surface area (Å²) in [6.45, 7) is 3.94. The lowest BCUT2D eigenvalue weighted by Crippen LogP contribution is -2.08. The summed E-state index contributed by atoms with van der Waals surface area (Å²) in [6.07, 6.45) is 5.16. The van der Waals surface area contributed by atoms with E-state index in [4.69, 9.17) is 4.42 Å². The van der Waals surface area contributed by atoms with Crippen LogP contribution in [0.4, 0.5) is 5.82 Å². The van der Waals surface area contributed by atoms with Crippen LogP contribution in [0.1, 0.15) is 24.5 Å². The van der Waals surface area contributed by atoms with Crippen molar-refractivity contribution in [1.29, 1.82) is 0 Å². The quantitative estimate of drug-likeness (QED) is 0.763. The van der Waals surface area contributed by atoms with Gasteiger partial charge in [-0.15, -0.1) is 10.2 Å². The normalized spacial score (nSPS) is 12.8. The Labute approximate surface area is 104 Å². The van der Waals surface area contributed by atoms with Gasteiger partial charge in [0.1, 0.15) is 17.8 Å². The molecule has 0 radical (unpaired) electrons. The van der Waals surface area contributed by atoms with Gasteiger partial charge in [-0.2, -0.15) is 0 Å². The summed E-state index contributed by atoms with van der Waals surface area (Å²) in [4.78, 5) is 4.28. The summed E-state index contributed by atoms with van der Waals surface area (Å²) in [6, 6.07) is 3.92. The molecule has 0 fully saturated rings. The molecule has 3 heterocycles. The molecule has 0 amide bonds. The van der Waals surface area contributed by atoms with Crippen LogP contribution in [0.15, 0.2) is 35.3 Å². The molecule has 0 saturated carbocycles. The van der Waals surface area contributed by atoms with Gasteiger partial charge in [-0.25, -0.2) is 4.98 Å². The molecule has 0 spiro atoms. The van der Waals surface area contributed by atoms with E-state index in [2.05, 4.69) is 20.5 Å². The predicted molar refractivity (Wildman–Crippen MR) is 66.3 cm³/mol. The second-order valence-corrected chi connectivity index (χ2v) is 4.15. The number of aryl methyl sites for hydroxylation is 1. The molecule has 1 N–H and O–H groups in total. The molecule has 6 nitrogen and oxygen atoms in total. The number of furan rings is 1. The van der Waals surface area contributed by atoms with Gasteiger partial charge >= 0.3 is 0 Å². The SMILES string of the molecule is Cc1ccc(C(C)Nc2nccn3cnnc23)o1. The monoisotopic (exact) mass is 243 g/mol. The lowest BCUT2D eigenvalue weighted by atomic mass is 10.2. The minimum absolute atomic E-state index is 0.0223. The topological polar surface area (TPSA) is 68.2 Å². The average Bonchev–Trinajstić information content (AvgIpc) is 2.97. The number of anilines is 1. The van der Waals surface area contributed by atoms with Gasteiger partial charge in [0.05, 0.1) is 6.04 Å². The molecule has 3 rings (SSSR count). The van der Waals surface area contributed by atoms with Gasteiger partial charge in [0.25, 0.3) is 0 Å². The van der Waals surface area contributed by atoms with Gasteiger partial charge in [-0.3, -0.25) is 4.40 Å². The first-order chi connectivity index (χ1) is 8.74. The van der Waals surface area contributed by atoms with Gasteiger partial charge < -0.3 is 9.73 Å². The van der Waals surface area contributed by atoms with Gasteiger partial charge in [-0.05, 0) is 26.0 Å². The standard InChI is InChI=1S/C12H13N5O/c1-8-3-4-10(18-8)9(2)15-11-12-16-14-7-17(12)6-5-13-11/h3-7,9H,1-2H3,(H,13,15). The Kier molecular flexibility index (Phi) is 2.47. The molecule has 0 aliphatic heterocycles. The summed E-state index contributed by atoms with van der Waals surface area (Å²) in [7, 11) is 0. The number of hydrogen-bond donors (Lipinski definition) is 1. The number of nitrogens with zero attached hydrogens (tertiary/aromatic N) is 4. The van der Waals surface area contributed by atoms with E-state index in [0.29, 0.717) is 11.5 Å². The minimum atomic E-state index is 0.0223. The van der Waals surface area contributed by atoms with E-state index in [1.807, 2.05) is 36.6 Å². The summed E-state index contributed by atoms with van der Waals surface area (Å²) in [5.41, 5.74) is 0.702. The molecule has 3 aromatic rings. The number of aromatic nitrogens is 4. The molecule has 3 aromatic heterocycles. The number of hydrogen-bond acceptors (Lipinski definition) is 5. The van der Waals surface area contributed by atoms with Crippen LogP contribution in [-0.4, -0.2) is 19.6 Å². The number of rotatable bonds is 3. The second kappa shape index (κ2) is 4.14. The second-order valence-electron chi connectivity index (χ2n) is 4.15. The Balaban J connectivity index is 1.90. The van der Waals surface area contributed by atoms with Crippen LogP contribution in [0.5, 0.6) is 0 Å². The highest BCUT2D eigenvalue weighted by molar-refractivity contribution is 5.61. The minimum Gasteiger partial charge on any atom is -0.464 e. The summed E-state index contributed by atoms with van der Waals surface area (Å²) < 4.78 is 7.39. The van der Waals surface area contributed by atoms with E-state index < -0.39 is 0 Å². The van der Waals surface area contributed by atoms with E-state index in [-0.39, 0.29) is 6.04 Å². The summed E-state index contributed by atoms with van der Waals surface area (Å²) in [5, 5.41) is 11.2. The first-order valence-electron chi connectivity index (χ1n) is 5.71. The number of nitrogens with one attached hydrogen (secondary N) is 1. The van der Waals surface area contributed by atoms with E-state index in [1.54, 1.807) is 12.5 Å². The van der Waals surface area contributed by atoms with Crippen LogP contribution in [0.25, 0.3) is 5.65 Å². The lowest BCUT2D eigenvalue weighted by molar-refractivity contribution is 0.466. The fourth-order valence-corrected chi connectivity index (χ4v) is 1.82. The third-order valence-corrected chi connectivity index (χ3v) is 2.76. The zero-order chi connectivity index (χ0) is 12.5. The van der Waals surface area contributed by atoms with Crippen LogP contribution in [0, 0.1) is 6.92 Å². The van der Waals surface area contributed by atoms with Crippen LogP contribution in [0.3, 0.4) is 0 Å². The first-order valence-corrected chi connectivity index (χ1v) is 5.71. The van der Waals surface area contributed by atoms with Crippen molar-refractivity contribution in [3.8, 4) is 0 Å². The molecule has 0 aromatic carbocycles. The molecule has 1 unspecified atom stereocenters. The molecular weight excluding hydrogens is 230 g/mol. The van der Waals surface area contributed by atoms with Crippen molar-refractivity contribution in [1.82, 2.24) is 19.6 Å². The summed E-state index contributed by atoms with van der Waals surface area (Å²) >= 11 is 0. The Morgan fingerprint density at radius 2 is 2.28 bits per heavy atom. The maximum atomic E-state index is 5.58. The zero-order valence-electron chi connectivity index (χ0n) is 10.2. The van der Waals surface area contributed by atoms with Gasteiger partial charge in [0, 0.05) is 12.4 Å². The summed E-state index contributed by atoms with van der Waals surface area (Å²) in [5.74, 6) is 2.46. The van der Waals surface area contributed by atoms with Crippen molar-refractivity contribution in [2.24, 2.45) is 0 Å². The average molecular weight is 243 g/mol. The largest absolute Gasteiger partial charge is 0.464 e. The van der Waals surface area contributed by atoms with Crippen molar-refractivity contribution in [3.63, 3.8) is 0 Å². The fraction of sp³-hybridized carbons (Fsp3) is 0.250. The highest BCUT2D eigenvalue weighted by Gasteiger charge is 2.12. The van der Waals surface area contributed by atoms with Crippen molar-refractivity contribution in [2.75, 3.05) is 5.32 Å². The van der Waals surface area contributed by atoms with Crippen molar-refractivity contribution in [2.45, 2.75) is 19.9 Å². The van der Waals surface area contributed by atoms with Gasteiger partial charge in [0.15, 0.2) is 5.82 Å². The van der Waals surface area contributed by atoms with E-state index in [1.165, 1.54) is 0 Å². The molecule has 1 atom stereocenters. The van der Waals surface area contributed by atoms with E-state index in [9.17, 15) is 0 Å². The van der Waals surface area contributed by atoms with Crippen molar-refractivity contribution >= 4 is 11.5 Å². The van der Waals surface area contributed by atoms with Crippen molar-refractivity contribution in [3.05, 3.63) is 42.4 Å². The van der Waals surface area contributed by atoms with E-state index in [0.717, 1.165) is 11.5 Å². The highest BCUT2D eigenvalue weighted by Crippen LogP contribution is 2.21. The predicted octanol–water partition coefficient (Wildman–Crippen LogP) is 2.20. The third kappa shape index (κ3) is 1.81. The Morgan fingerprint density at radius 3 is 3.06 bits per heavy atom. The molecule has 0 saturated heterocycles. The maximum Gasteiger partial charge on any atom is 0.203 e. The molecule has 18 heavy (non-hydrogen) atoms. The van der Waals surface area contributed by atoms with Crippen LogP contribution in [-0.2, 0) is 0 Å². The van der Waals surface area contributed by atoms with Gasteiger partial charge in [-0.1, -0.05) is 0 Å². The smallest absolute Gasteiger partial charge is 0.203 e. The Morgan fingerprint density at radius 1 is 1.39 bits per heavy atom. The molecule has 0 aliphatic carbocycles. The molecule has 0 aliphatic rings. The zero-order valence-corrected chi connectivity index (χ0v) is 10.2. The lowest BCUT2D eigenvalue weighted by Gasteiger charge is -2.12. The van der Waals surface area contributed by atoms with Crippen LogP contribution < -0.4 is 5.32 Å². The van der Waals surface area contributed by atoms with Gasteiger partial charge in [0.2, 0.25) is 5.65 Å². The van der Waals surface area contributed by atoms with Crippen LogP contribution >= 0.6 is 0 Å². The fourth-order valence-electron chi connectivity index (χ4n) is 1.82. The number of fused-ring (bicyclic) bond motifs is 1. The van der Waals surface area contributed by atoms with E-state index >= 15 is 0 Å². The molecule has 92 valence electrons. The molecular formula is C12H13N5O. The first kappa shape index (κ1) is 10.8. The maximum absolute atomic E-state index is 5.58. The molecule has 0 bridgehead atoms. The highest BCUT2D eigenvalue weighted by atomic mass is 16.3. The Hall–Kier alpha value is -2.37. The van der Waals surface area contributed by atoms with Crippen molar-refractivity contribution < 1.29 is 4.42 Å². The molecule has 6 heteroatoms. The van der Waals surface area contributed by atoms with Crippen LogP contribution in [0.2, 0.25) is 0 Å². The Bertz CT molecular complexity index is 672.